The van der Waals surface area contributed by atoms with Crippen LogP contribution in [0.25, 0.3) is 21.7 Å². The summed E-state index contributed by atoms with van der Waals surface area (Å²) in [5, 5.41) is 3.02. The number of ether oxygens (including phenoxy) is 1. The van der Waals surface area contributed by atoms with Gasteiger partial charge in [0.1, 0.15) is 0 Å². The zero-order valence-electron chi connectivity index (χ0n) is 14.0. The van der Waals surface area contributed by atoms with Gasteiger partial charge < -0.3 is 4.74 Å². The van der Waals surface area contributed by atoms with E-state index in [9.17, 15) is 4.79 Å². The molecule has 1 heterocycles. The molecule has 3 rings (SSSR count). The van der Waals surface area contributed by atoms with Crippen LogP contribution in [0, 0.1) is 0 Å². The fourth-order valence-electron chi connectivity index (χ4n) is 2.72. The molecule has 0 spiro atoms. The van der Waals surface area contributed by atoms with E-state index in [2.05, 4.69) is 26.8 Å². The molecule has 0 aliphatic heterocycles. The number of hydrogen-bond acceptors (Lipinski definition) is 3. The molecule has 0 saturated carbocycles. The van der Waals surface area contributed by atoms with Crippen LogP contribution < -0.4 is 0 Å². The van der Waals surface area contributed by atoms with Gasteiger partial charge in [-0.15, -0.1) is 0 Å². The lowest BCUT2D eigenvalue weighted by atomic mass is 9.89. The zero-order chi connectivity index (χ0) is 16.6. The molecule has 1 aromatic heterocycles. The van der Waals surface area contributed by atoms with E-state index in [0.29, 0.717) is 12.2 Å². The third-order valence-electron chi connectivity index (χ3n) is 3.97. The monoisotopic (exact) mass is 307 g/mol. The summed E-state index contributed by atoms with van der Waals surface area (Å²) in [5.74, 6) is -0.291. The van der Waals surface area contributed by atoms with E-state index in [1.807, 2.05) is 43.3 Å². The molecule has 3 aromatic rings. The summed E-state index contributed by atoms with van der Waals surface area (Å²) in [4.78, 5) is 17.3. The van der Waals surface area contributed by atoms with Gasteiger partial charge >= 0.3 is 5.97 Å². The molecule has 0 aliphatic carbocycles. The minimum Gasteiger partial charge on any atom is -0.462 e. The van der Waals surface area contributed by atoms with Crippen molar-refractivity contribution < 1.29 is 9.53 Å². The van der Waals surface area contributed by atoms with Crippen LogP contribution in [0.4, 0.5) is 0 Å². The van der Waals surface area contributed by atoms with Crippen LogP contribution >= 0.6 is 0 Å². The van der Waals surface area contributed by atoms with E-state index in [-0.39, 0.29) is 11.4 Å². The highest BCUT2D eigenvalue weighted by molar-refractivity contribution is 6.12. The average molecular weight is 307 g/mol. The number of esters is 1. The molecular weight excluding hydrogens is 286 g/mol. The van der Waals surface area contributed by atoms with E-state index in [4.69, 9.17) is 9.72 Å². The molecule has 3 nitrogen and oxygen atoms in total. The molecule has 0 fully saturated rings. The van der Waals surface area contributed by atoms with Gasteiger partial charge in [-0.2, -0.15) is 0 Å². The lowest BCUT2D eigenvalue weighted by molar-refractivity contribution is 0.0528. The van der Waals surface area contributed by atoms with Crippen molar-refractivity contribution in [3.63, 3.8) is 0 Å². The van der Waals surface area contributed by atoms with Gasteiger partial charge in [-0.05, 0) is 18.4 Å². The Balaban J connectivity index is 2.41. The topological polar surface area (TPSA) is 39.2 Å². The fraction of sp³-hybridized carbons (Fsp3) is 0.300. The molecule has 0 radical (unpaired) electrons. The molecule has 0 bridgehead atoms. The van der Waals surface area contributed by atoms with Crippen LogP contribution in [0.3, 0.4) is 0 Å². The Bertz CT molecular complexity index is 891. The first kappa shape index (κ1) is 15.5. The van der Waals surface area contributed by atoms with Gasteiger partial charge in [-0.25, -0.2) is 4.79 Å². The van der Waals surface area contributed by atoms with Gasteiger partial charge in [0, 0.05) is 21.9 Å². The van der Waals surface area contributed by atoms with Gasteiger partial charge in [-0.3, -0.25) is 4.98 Å². The second-order valence-electron chi connectivity index (χ2n) is 6.71. The molecule has 0 saturated heterocycles. The molecule has 23 heavy (non-hydrogen) atoms. The Morgan fingerprint density at radius 3 is 2.52 bits per heavy atom. The molecule has 3 heteroatoms. The first-order valence-electron chi connectivity index (χ1n) is 7.92. The lowest BCUT2D eigenvalue weighted by Crippen LogP contribution is -2.16. The lowest BCUT2D eigenvalue weighted by Gasteiger charge is -2.20. The van der Waals surface area contributed by atoms with Gasteiger partial charge in [0.25, 0.3) is 0 Å². The number of nitrogens with zero attached hydrogens (tertiary/aromatic N) is 1. The van der Waals surface area contributed by atoms with Gasteiger partial charge in [0.15, 0.2) is 0 Å². The minimum atomic E-state index is -0.291. The van der Waals surface area contributed by atoms with Crippen LogP contribution in [-0.2, 0) is 10.2 Å². The number of pyridine rings is 1. The molecule has 0 unspecified atom stereocenters. The Labute approximate surface area is 136 Å². The second kappa shape index (κ2) is 5.65. The maximum atomic E-state index is 12.4. The van der Waals surface area contributed by atoms with E-state index < -0.39 is 0 Å². The first-order valence-corrected chi connectivity index (χ1v) is 7.92. The van der Waals surface area contributed by atoms with Crippen molar-refractivity contribution in [2.45, 2.75) is 33.1 Å². The van der Waals surface area contributed by atoms with Crippen molar-refractivity contribution in [2.24, 2.45) is 0 Å². The summed E-state index contributed by atoms with van der Waals surface area (Å²) in [6.07, 6.45) is 0. The third-order valence-corrected chi connectivity index (χ3v) is 3.97. The van der Waals surface area contributed by atoms with E-state index in [1.54, 1.807) is 0 Å². The second-order valence-corrected chi connectivity index (χ2v) is 6.71. The summed E-state index contributed by atoms with van der Waals surface area (Å²) in [6, 6.07) is 14.0. The van der Waals surface area contributed by atoms with Gasteiger partial charge in [0.05, 0.1) is 17.7 Å². The smallest absolute Gasteiger partial charge is 0.338 e. The molecule has 0 aliphatic rings. The quantitative estimate of drug-likeness (QED) is 0.501. The number of rotatable bonds is 2. The van der Waals surface area contributed by atoms with Crippen molar-refractivity contribution >= 4 is 27.6 Å². The molecule has 2 aromatic carbocycles. The van der Waals surface area contributed by atoms with Crippen LogP contribution in [0.5, 0.6) is 0 Å². The number of benzene rings is 2. The normalized spacial score (nSPS) is 11.8. The maximum absolute atomic E-state index is 12.4. The maximum Gasteiger partial charge on any atom is 0.338 e. The Morgan fingerprint density at radius 2 is 1.83 bits per heavy atom. The predicted octanol–water partition coefficient (Wildman–Crippen LogP) is 4.86. The Morgan fingerprint density at radius 1 is 1.09 bits per heavy atom. The predicted molar refractivity (Wildman–Crippen MR) is 93.9 cm³/mol. The summed E-state index contributed by atoms with van der Waals surface area (Å²) in [6.45, 7) is 8.48. The number of fused-ring (bicyclic) bond motifs is 3. The summed E-state index contributed by atoms with van der Waals surface area (Å²) in [7, 11) is 0. The fourth-order valence-corrected chi connectivity index (χ4v) is 2.72. The highest BCUT2D eigenvalue weighted by Crippen LogP contribution is 2.31. The third kappa shape index (κ3) is 2.79. The first-order chi connectivity index (χ1) is 10.9. The Kier molecular flexibility index (Phi) is 3.80. The van der Waals surface area contributed by atoms with Crippen molar-refractivity contribution in [1.82, 2.24) is 4.98 Å². The van der Waals surface area contributed by atoms with Crippen LogP contribution in [0.2, 0.25) is 0 Å². The molecule has 0 N–H and O–H groups in total. The van der Waals surface area contributed by atoms with Crippen LogP contribution in [0.1, 0.15) is 43.7 Å². The Hall–Kier alpha value is -2.42. The van der Waals surface area contributed by atoms with Crippen molar-refractivity contribution in [3.8, 4) is 0 Å². The number of hydrogen-bond donors (Lipinski definition) is 0. The summed E-state index contributed by atoms with van der Waals surface area (Å²) in [5.41, 5.74) is 2.20. The number of carbonyl (C=O) groups excluding carboxylic acids is 1. The summed E-state index contributed by atoms with van der Waals surface area (Å²) >= 11 is 0. The number of carbonyl (C=O) groups is 1. The minimum absolute atomic E-state index is 0.146. The van der Waals surface area contributed by atoms with Crippen LogP contribution in [-0.4, -0.2) is 17.6 Å². The van der Waals surface area contributed by atoms with Crippen molar-refractivity contribution in [2.75, 3.05) is 6.61 Å². The van der Waals surface area contributed by atoms with Gasteiger partial charge in [-0.1, -0.05) is 57.2 Å². The van der Waals surface area contributed by atoms with E-state index in [0.717, 1.165) is 27.4 Å². The highest BCUT2D eigenvalue weighted by Gasteiger charge is 2.21. The average Bonchev–Trinajstić information content (AvgIpc) is 2.53. The molecule has 0 atom stereocenters. The molecular formula is C20H21NO2. The van der Waals surface area contributed by atoms with Crippen molar-refractivity contribution in [1.29, 1.82) is 0 Å². The van der Waals surface area contributed by atoms with Crippen molar-refractivity contribution in [3.05, 3.63) is 53.7 Å². The SMILES string of the molecule is CCOC(=O)c1cc(C(C)(C)C)nc2c1ccc1ccccc12. The molecule has 118 valence electrons. The van der Waals surface area contributed by atoms with Gasteiger partial charge in [0.2, 0.25) is 0 Å². The van der Waals surface area contributed by atoms with Crippen LogP contribution in [0.15, 0.2) is 42.5 Å². The van der Waals surface area contributed by atoms with E-state index in [1.165, 1.54) is 0 Å². The largest absolute Gasteiger partial charge is 0.462 e. The standard InChI is InChI=1S/C20H21NO2/c1-5-23-19(22)16-12-17(20(2,3)4)21-18-14-9-7-6-8-13(14)10-11-15(16)18/h6-12H,5H2,1-4H3. The number of aromatic nitrogens is 1. The molecule has 0 amide bonds. The van der Waals surface area contributed by atoms with E-state index >= 15 is 0 Å². The highest BCUT2D eigenvalue weighted by atomic mass is 16.5. The zero-order valence-corrected chi connectivity index (χ0v) is 14.0. The summed E-state index contributed by atoms with van der Waals surface area (Å²) < 4.78 is 5.25.